The third-order valence-electron chi connectivity index (χ3n) is 3.68. The molecule has 0 saturated carbocycles. The lowest BCUT2D eigenvalue weighted by molar-refractivity contribution is -0.385. The highest BCUT2D eigenvalue weighted by molar-refractivity contribution is 8.18. The Balaban J connectivity index is 1.95. The van der Waals surface area contributed by atoms with Gasteiger partial charge in [-0.25, -0.2) is 4.99 Å². The molecule has 1 saturated heterocycles. The molecule has 26 heavy (non-hydrogen) atoms. The van der Waals surface area contributed by atoms with Crippen molar-refractivity contribution in [2.75, 3.05) is 6.54 Å². The Labute approximate surface area is 153 Å². The number of rotatable bonds is 4. The molecule has 132 valence electrons. The Morgan fingerprint density at radius 2 is 2.00 bits per heavy atom. The Bertz CT molecular complexity index is 925. The number of aromatic hydroxyl groups is 1. The molecule has 8 heteroatoms. The minimum atomic E-state index is -0.665. The predicted molar refractivity (Wildman–Crippen MR) is 101 cm³/mol. The summed E-state index contributed by atoms with van der Waals surface area (Å²) in [6.45, 7) is 2.32. The Morgan fingerprint density at radius 3 is 2.65 bits per heavy atom. The van der Waals surface area contributed by atoms with Gasteiger partial charge in [-0.2, -0.15) is 0 Å². The van der Waals surface area contributed by atoms with E-state index in [-0.39, 0.29) is 5.91 Å². The average Bonchev–Trinajstić information content (AvgIpc) is 2.91. The van der Waals surface area contributed by atoms with Crippen molar-refractivity contribution in [1.29, 1.82) is 0 Å². The van der Waals surface area contributed by atoms with Gasteiger partial charge >= 0.3 is 5.69 Å². The van der Waals surface area contributed by atoms with Crippen LogP contribution in [0.15, 0.2) is 58.4 Å². The SMILES string of the molecule is CCN1C(=O)/C(=C/c2ccc(O)c([N+](=O)[O-])c2)SC1=Nc1ccccc1. The van der Waals surface area contributed by atoms with Crippen molar-refractivity contribution in [3.8, 4) is 5.75 Å². The minimum Gasteiger partial charge on any atom is -0.502 e. The quantitative estimate of drug-likeness (QED) is 0.500. The molecule has 7 nitrogen and oxygen atoms in total. The molecule has 2 aromatic rings. The molecule has 0 aliphatic carbocycles. The van der Waals surface area contributed by atoms with Gasteiger partial charge in [0.2, 0.25) is 0 Å². The number of benzene rings is 2. The highest BCUT2D eigenvalue weighted by Gasteiger charge is 2.32. The molecule has 0 atom stereocenters. The maximum Gasteiger partial charge on any atom is 0.311 e. The highest BCUT2D eigenvalue weighted by Crippen LogP contribution is 2.35. The number of nitrogens with zero attached hydrogens (tertiary/aromatic N) is 3. The monoisotopic (exact) mass is 369 g/mol. The van der Waals surface area contributed by atoms with Crippen molar-refractivity contribution >= 4 is 40.3 Å². The number of carbonyl (C=O) groups is 1. The largest absolute Gasteiger partial charge is 0.502 e. The van der Waals surface area contributed by atoms with Crippen molar-refractivity contribution < 1.29 is 14.8 Å². The fraction of sp³-hybridized carbons (Fsp3) is 0.111. The molecule has 0 bridgehead atoms. The summed E-state index contributed by atoms with van der Waals surface area (Å²) in [6, 6.07) is 13.3. The third-order valence-corrected chi connectivity index (χ3v) is 4.69. The molecule has 1 heterocycles. The molecular weight excluding hydrogens is 354 g/mol. The maximum atomic E-state index is 12.6. The number of hydrogen-bond donors (Lipinski definition) is 1. The first-order valence-electron chi connectivity index (χ1n) is 7.82. The molecule has 1 aliphatic heterocycles. The van der Waals surface area contributed by atoms with E-state index in [2.05, 4.69) is 4.99 Å². The van der Waals surface area contributed by atoms with Gasteiger partial charge in [0.25, 0.3) is 5.91 Å². The second kappa shape index (κ2) is 7.40. The van der Waals surface area contributed by atoms with Gasteiger partial charge in [0.1, 0.15) is 0 Å². The van der Waals surface area contributed by atoms with Crippen LogP contribution in [0.3, 0.4) is 0 Å². The topological polar surface area (TPSA) is 96.0 Å². The summed E-state index contributed by atoms with van der Waals surface area (Å²) in [5, 5.41) is 21.1. The van der Waals surface area contributed by atoms with Gasteiger partial charge in [0, 0.05) is 12.6 Å². The number of amidine groups is 1. The van der Waals surface area contributed by atoms with Crippen LogP contribution in [0.4, 0.5) is 11.4 Å². The molecule has 0 spiro atoms. The first-order chi connectivity index (χ1) is 12.5. The van der Waals surface area contributed by atoms with E-state index in [1.807, 2.05) is 37.3 Å². The number of phenolic OH excluding ortho intramolecular Hbond substituents is 1. The van der Waals surface area contributed by atoms with E-state index in [1.54, 1.807) is 11.0 Å². The molecule has 3 rings (SSSR count). The minimum absolute atomic E-state index is 0.206. The number of phenols is 1. The van der Waals surface area contributed by atoms with Crippen LogP contribution in [0.5, 0.6) is 5.75 Å². The number of likely N-dealkylation sites (N-methyl/N-ethyl adjacent to an activating group) is 1. The van der Waals surface area contributed by atoms with Crippen LogP contribution in [-0.2, 0) is 4.79 Å². The van der Waals surface area contributed by atoms with Gasteiger partial charge in [-0.3, -0.25) is 19.8 Å². The van der Waals surface area contributed by atoms with E-state index in [0.717, 1.165) is 5.69 Å². The lowest BCUT2D eigenvalue weighted by Gasteiger charge is -2.11. The van der Waals surface area contributed by atoms with E-state index < -0.39 is 16.4 Å². The third kappa shape index (κ3) is 3.60. The number of carbonyl (C=O) groups excluding carboxylic acids is 1. The lowest BCUT2D eigenvalue weighted by Crippen LogP contribution is -2.28. The summed E-state index contributed by atoms with van der Waals surface area (Å²) >= 11 is 1.21. The zero-order chi connectivity index (χ0) is 18.7. The van der Waals surface area contributed by atoms with Gasteiger partial charge < -0.3 is 5.11 Å². The summed E-state index contributed by atoms with van der Waals surface area (Å²) in [7, 11) is 0. The molecule has 0 unspecified atom stereocenters. The smallest absolute Gasteiger partial charge is 0.311 e. The number of para-hydroxylation sites is 1. The molecule has 1 amide bonds. The first-order valence-corrected chi connectivity index (χ1v) is 8.64. The van der Waals surface area contributed by atoms with Crippen molar-refractivity contribution in [2.45, 2.75) is 6.92 Å². The Morgan fingerprint density at radius 1 is 1.27 bits per heavy atom. The van der Waals surface area contributed by atoms with Gasteiger partial charge in [-0.15, -0.1) is 0 Å². The highest BCUT2D eigenvalue weighted by atomic mass is 32.2. The molecule has 0 aromatic heterocycles. The van der Waals surface area contributed by atoms with Crippen LogP contribution >= 0.6 is 11.8 Å². The van der Waals surface area contributed by atoms with Crippen LogP contribution in [0.1, 0.15) is 12.5 Å². The predicted octanol–water partition coefficient (Wildman–Crippen LogP) is 3.92. The second-order valence-corrected chi connectivity index (χ2v) is 6.40. The summed E-state index contributed by atoms with van der Waals surface area (Å²) < 4.78 is 0. The van der Waals surface area contributed by atoms with Crippen molar-refractivity contribution in [3.05, 3.63) is 69.1 Å². The van der Waals surface area contributed by atoms with E-state index in [9.17, 15) is 20.0 Å². The van der Waals surface area contributed by atoms with E-state index in [4.69, 9.17) is 0 Å². The van der Waals surface area contributed by atoms with E-state index >= 15 is 0 Å². The lowest BCUT2D eigenvalue weighted by atomic mass is 10.1. The molecule has 2 aromatic carbocycles. The number of hydrogen-bond acceptors (Lipinski definition) is 6. The fourth-order valence-corrected chi connectivity index (χ4v) is 3.47. The van der Waals surface area contributed by atoms with Gasteiger partial charge in [-0.05, 0) is 48.5 Å². The normalized spacial score (nSPS) is 17.3. The molecule has 0 radical (unpaired) electrons. The average molecular weight is 369 g/mol. The molecule has 1 fully saturated rings. The molecule has 1 N–H and O–H groups in total. The number of nitro groups is 1. The first kappa shape index (κ1) is 17.7. The van der Waals surface area contributed by atoms with E-state index in [0.29, 0.717) is 22.2 Å². The maximum absolute atomic E-state index is 12.6. The molecule has 1 aliphatic rings. The van der Waals surface area contributed by atoms with E-state index in [1.165, 1.54) is 30.0 Å². The Hall–Kier alpha value is -3.13. The van der Waals surface area contributed by atoms with Crippen LogP contribution in [0.25, 0.3) is 6.08 Å². The zero-order valence-electron chi connectivity index (χ0n) is 13.8. The summed E-state index contributed by atoms with van der Waals surface area (Å²) in [4.78, 5) is 29.4. The van der Waals surface area contributed by atoms with Crippen LogP contribution in [0.2, 0.25) is 0 Å². The number of thioether (sulfide) groups is 1. The zero-order valence-corrected chi connectivity index (χ0v) is 14.6. The second-order valence-electron chi connectivity index (χ2n) is 5.40. The Kier molecular flexibility index (Phi) is 5.04. The van der Waals surface area contributed by atoms with Crippen molar-refractivity contribution in [2.24, 2.45) is 4.99 Å². The number of nitro benzene ring substituents is 1. The van der Waals surface area contributed by atoms with Crippen LogP contribution in [0, 0.1) is 10.1 Å². The van der Waals surface area contributed by atoms with Crippen molar-refractivity contribution in [3.63, 3.8) is 0 Å². The number of amides is 1. The summed E-state index contributed by atoms with van der Waals surface area (Å²) in [5.41, 5.74) is 0.797. The van der Waals surface area contributed by atoms with Crippen LogP contribution in [-0.4, -0.2) is 32.5 Å². The van der Waals surface area contributed by atoms with Gasteiger partial charge in [0.05, 0.1) is 15.5 Å². The summed E-state index contributed by atoms with van der Waals surface area (Å²) in [6.07, 6.45) is 1.57. The van der Waals surface area contributed by atoms with Crippen molar-refractivity contribution in [1.82, 2.24) is 4.90 Å². The fourth-order valence-electron chi connectivity index (χ4n) is 2.41. The van der Waals surface area contributed by atoms with Gasteiger partial charge in [-0.1, -0.05) is 24.3 Å². The number of aliphatic imine (C=N–C) groups is 1. The molecular formula is C18H15N3O4S. The van der Waals surface area contributed by atoms with Crippen LogP contribution < -0.4 is 0 Å². The summed E-state index contributed by atoms with van der Waals surface area (Å²) in [5.74, 6) is -0.619. The van der Waals surface area contributed by atoms with Gasteiger partial charge in [0.15, 0.2) is 10.9 Å². The standard InChI is InChI=1S/C18H15N3O4S/c1-2-20-17(23)16(26-18(20)19-13-6-4-3-5-7-13)11-12-8-9-15(22)14(10-12)21(24)25/h3-11,22H,2H2,1H3/b16-11-,19-18?.